The maximum absolute atomic E-state index is 5.18. The summed E-state index contributed by atoms with van der Waals surface area (Å²) in [5, 5.41) is 0. The molecule has 2 heterocycles. The first kappa shape index (κ1) is 12.7. The van der Waals surface area contributed by atoms with Gasteiger partial charge in [-0.3, -0.25) is 4.90 Å². The molecule has 0 spiro atoms. The second kappa shape index (κ2) is 5.35. The molecule has 1 aliphatic heterocycles. The predicted molar refractivity (Wildman–Crippen MR) is 77.0 cm³/mol. The summed E-state index contributed by atoms with van der Waals surface area (Å²) in [4.78, 5) is 6.73. The fourth-order valence-corrected chi connectivity index (χ4v) is 2.93. The van der Waals surface area contributed by atoms with E-state index in [9.17, 15) is 0 Å². The van der Waals surface area contributed by atoms with Gasteiger partial charge in [-0.05, 0) is 33.6 Å². The molecule has 0 amide bonds. The summed E-state index contributed by atoms with van der Waals surface area (Å²) in [6.45, 7) is 3.96. The fourth-order valence-electron chi connectivity index (χ4n) is 2.42. The van der Waals surface area contributed by atoms with E-state index in [2.05, 4.69) is 42.5 Å². The molecule has 0 fully saturated rings. The molecule has 4 nitrogen and oxygen atoms in total. The molecule has 0 atom stereocenters. The van der Waals surface area contributed by atoms with Crippen molar-refractivity contribution in [3.05, 3.63) is 46.5 Å². The number of nitrogens with zero attached hydrogens (tertiary/aromatic N) is 3. The number of ether oxygens (including phenoxy) is 1. The van der Waals surface area contributed by atoms with Crippen LogP contribution >= 0.6 is 15.9 Å². The van der Waals surface area contributed by atoms with Crippen LogP contribution in [0.4, 0.5) is 0 Å². The topological polar surface area (TPSA) is 30.3 Å². The van der Waals surface area contributed by atoms with Gasteiger partial charge >= 0.3 is 0 Å². The van der Waals surface area contributed by atoms with Crippen molar-refractivity contribution in [2.75, 3.05) is 13.7 Å². The van der Waals surface area contributed by atoms with E-state index in [1.165, 1.54) is 11.3 Å². The fraction of sp³-hybridized carbons (Fsp3) is 0.357. The van der Waals surface area contributed by atoms with Crippen LogP contribution < -0.4 is 4.74 Å². The highest BCUT2D eigenvalue weighted by Gasteiger charge is 2.18. The molecule has 2 aromatic rings. The van der Waals surface area contributed by atoms with Crippen molar-refractivity contribution in [3.63, 3.8) is 0 Å². The second-order valence-electron chi connectivity index (χ2n) is 4.73. The molecule has 0 radical (unpaired) electrons. The molecule has 0 bridgehead atoms. The number of hydrogen-bond acceptors (Lipinski definition) is 3. The van der Waals surface area contributed by atoms with Gasteiger partial charge in [0.05, 0.1) is 19.0 Å². The van der Waals surface area contributed by atoms with Crippen molar-refractivity contribution >= 4 is 15.9 Å². The van der Waals surface area contributed by atoms with Crippen LogP contribution in [0.2, 0.25) is 0 Å². The van der Waals surface area contributed by atoms with Crippen molar-refractivity contribution in [1.82, 2.24) is 14.5 Å². The van der Waals surface area contributed by atoms with E-state index in [1.54, 1.807) is 7.11 Å². The maximum atomic E-state index is 5.18. The Morgan fingerprint density at radius 3 is 2.79 bits per heavy atom. The molecule has 19 heavy (non-hydrogen) atoms. The van der Waals surface area contributed by atoms with Crippen LogP contribution in [0.1, 0.15) is 11.3 Å². The van der Waals surface area contributed by atoms with E-state index in [1.807, 2.05) is 18.3 Å². The number of hydrogen-bond donors (Lipinski definition) is 0. The highest BCUT2D eigenvalue weighted by Crippen LogP contribution is 2.20. The SMILES string of the molecule is COc1ccc(CN2CCn3c(cnc3Br)C2)cc1. The Labute approximate surface area is 121 Å². The van der Waals surface area contributed by atoms with E-state index in [0.717, 1.165) is 36.7 Å². The van der Waals surface area contributed by atoms with E-state index >= 15 is 0 Å². The van der Waals surface area contributed by atoms with Gasteiger partial charge in [-0.15, -0.1) is 0 Å². The molecule has 0 N–H and O–H groups in total. The Morgan fingerprint density at radius 2 is 2.05 bits per heavy atom. The molecule has 1 aromatic carbocycles. The molecule has 5 heteroatoms. The average molecular weight is 322 g/mol. The summed E-state index contributed by atoms with van der Waals surface area (Å²) < 4.78 is 8.34. The van der Waals surface area contributed by atoms with Crippen LogP contribution in [-0.2, 0) is 19.6 Å². The van der Waals surface area contributed by atoms with Crippen molar-refractivity contribution < 1.29 is 4.74 Å². The standard InChI is InChI=1S/C14H16BrN3O/c1-19-13-4-2-11(3-5-13)9-17-6-7-18-12(10-17)8-16-14(18)15/h2-5,8H,6-7,9-10H2,1H3. The lowest BCUT2D eigenvalue weighted by Crippen LogP contribution is -2.32. The van der Waals surface area contributed by atoms with Gasteiger partial charge in [0, 0.05) is 26.2 Å². The largest absolute Gasteiger partial charge is 0.497 e. The normalized spacial score (nSPS) is 15.3. The van der Waals surface area contributed by atoms with Crippen molar-refractivity contribution in [1.29, 1.82) is 0 Å². The third kappa shape index (κ3) is 2.67. The van der Waals surface area contributed by atoms with Crippen LogP contribution in [0.5, 0.6) is 5.75 Å². The van der Waals surface area contributed by atoms with Gasteiger partial charge in [0.1, 0.15) is 5.75 Å². The first-order valence-electron chi connectivity index (χ1n) is 6.31. The monoisotopic (exact) mass is 321 g/mol. The minimum Gasteiger partial charge on any atom is -0.497 e. The molecule has 1 aliphatic rings. The number of methoxy groups -OCH3 is 1. The molecule has 1 aromatic heterocycles. The lowest BCUT2D eigenvalue weighted by atomic mass is 10.2. The lowest BCUT2D eigenvalue weighted by Gasteiger charge is -2.28. The van der Waals surface area contributed by atoms with Crippen LogP contribution in [0.25, 0.3) is 0 Å². The molecule has 3 rings (SSSR count). The molecule has 100 valence electrons. The number of aromatic nitrogens is 2. The van der Waals surface area contributed by atoms with Gasteiger partial charge in [-0.25, -0.2) is 4.98 Å². The number of rotatable bonds is 3. The van der Waals surface area contributed by atoms with E-state index in [4.69, 9.17) is 4.74 Å². The van der Waals surface area contributed by atoms with Crippen LogP contribution in [-0.4, -0.2) is 28.1 Å². The van der Waals surface area contributed by atoms with Crippen LogP contribution in [0.3, 0.4) is 0 Å². The van der Waals surface area contributed by atoms with E-state index < -0.39 is 0 Å². The zero-order valence-electron chi connectivity index (χ0n) is 10.8. The predicted octanol–water partition coefficient (Wildman–Crippen LogP) is 2.67. The molecular formula is C14H16BrN3O. The third-order valence-electron chi connectivity index (χ3n) is 3.48. The van der Waals surface area contributed by atoms with Gasteiger partial charge in [-0.2, -0.15) is 0 Å². The Bertz CT molecular complexity index is 565. The van der Waals surface area contributed by atoms with Crippen molar-refractivity contribution in [2.45, 2.75) is 19.6 Å². The van der Waals surface area contributed by atoms with E-state index in [-0.39, 0.29) is 0 Å². The number of fused-ring (bicyclic) bond motifs is 1. The summed E-state index contributed by atoms with van der Waals surface area (Å²) in [6.07, 6.45) is 1.95. The Balaban J connectivity index is 1.68. The zero-order valence-corrected chi connectivity index (χ0v) is 12.4. The smallest absolute Gasteiger partial charge is 0.177 e. The van der Waals surface area contributed by atoms with Gasteiger partial charge in [0.15, 0.2) is 4.73 Å². The Morgan fingerprint density at radius 1 is 1.26 bits per heavy atom. The Hall–Kier alpha value is -1.33. The minimum atomic E-state index is 0.907. The summed E-state index contributed by atoms with van der Waals surface area (Å²) in [5.74, 6) is 0.907. The summed E-state index contributed by atoms with van der Waals surface area (Å²) >= 11 is 3.47. The van der Waals surface area contributed by atoms with Gasteiger partial charge in [0.25, 0.3) is 0 Å². The number of halogens is 1. The first-order valence-corrected chi connectivity index (χ1v) is 7.11. The Kier molecular flexibility index (Phi) is 3.57. The molecule has 0 aliphatic carbocycles. The van der Waals surface area contributed by atoms with Crippen LogP contribution in [0.15, 0.2) is 35.2 Å². The maximum Gasteiger partial charge on any atom is 0.177 e. The van der Waals surface area contributed by atoms with Gasteiger partial charge in [-0.1, -0.05) is 12.1 Å². The van der Waals surface area contributed by atoms with Gasteiger partial charge < -0.3 is 9.30 Å². The summed E-state index contributed by atoms with van der Waals surface area (Å²) in [7, 11) is 1.69. The third-order valence-corrected chi connectivity index (χ3v) is 4.11. The minimum absolute atomic E-state index is 0.907. The average Bonchev–Trinajstić information content (AvgIpc) is 2.81. The first-order chi connectivity index (χ1) is 9.26. The van der Waals surface area contributed by atoms with Gasteiger partial charge in [0.2, 0.25) is 0 Å². The molecule has 0 saturated carbocycles. The highest BCUT2D eigenvalue weighted by molar-refractivity contribution is 9.10. The molecule has 0 saturated heterocycles. The summed E-state index contributed by atoms with van der Waals surface area (Å²) in [6, 6.07) is 8.28. The zero-order chi connectivity index (χ0) is 13.2. The molecular weight excluding hydrogens is 306 g/mol. The molecule has 0 unspecified atom stereocenters. The van der Waals surface area contributed by atoms with Crippen molar-refractivity contribution in [2.24, 2.45) is 0 Å². The number of imidazole rings is 1. The summed E-state index contributed by atoms with van der Waals surface area (Å²) in [5.41, 5.74) is 2.58. The lowest BCUT2D eigenvalue weighted by molar-refractivity contribution is 0.212. The van der Waals surface area contributed by atoms with Crippen molar-refractivity contribution in [3.8, 4) is 5.75 Å². The van der Waals surface area contributed by atoms with Crippen LogP contribution in [0, 0.1) is 0 Å². The quantitative estimate of drug-likeness (QED) is 0.870. The highest BCUT2D eigenvalue weighted by atomic mass is 79.9. The number of benzene rings is 1. The second-order valence-corrected chi connectivity index (χ2v) is 5.44. The van der Waals surface area contributed by atoms with E-state index in [0.29, 0.717) is 0 Å².